The molecule has 2 N–H and O–H groups in total. The minimum atomic E-state index is -1.51. The predicted octanol–water partition coefficient (Wildman–Crippen LogP) is 2.69. The number of rotatable bonds is 1. The van der Waals surface area contributed by atoms with Crippen LogP contribution in [-0.2, 0) is 4.74 Å². The molecule has 112 valence electrons. The van der Waals surface area contributed by atoms with Gasteiger partial charge in [0.25, 0.3) is 0 Å². The zero-order valence-electron chi connectivity index (χ0n) is 12.2. The van der Waals surface area contributed by atoms with E-state index in [4.69, 9.17) is 4.74 Å². The molecule has 0 radical (unpaired) electrons. The lowest BCUT2D eigenvalue weighted by molar-refractivity contribution is 0.0580. The number of aryl methyl sites for hydroxylation is 1. The van der Waals surface area contributed by atoms with Crippen molar-refractivity contribution >= 4 is 29.2 Å². The topological polar surface area (TPSA) is 108 Å². The SMILES string of the molecule is Cc1nc(N(C(=O)O)C(=O)OC(C)(C)C)nc2[nH]ccc12. The number of aromatic amines is 1. The van der Waals surface area contributed by atoms with Crippen molar-refractivity contribution in [1.29, 1.82) is 0 Å². The number of hydrogen-bond donors (Lipinski definition) is 2. The zero-order chi connectivity index (χ0) is 15.8. The molecule has 0 saturated carbocycles. The van der Waals surface area contributed by atoms with Crippen LogP contribution in [0.25, 0.3) is 11.0 Å². The third-order valence-electron chi connectivity index (χ3n) is 2.56. The molecule has 0 unspecified atom stereocenters. The van der Waals surface area contributed by atoms with Gasteiger partial charge >= 0.3 is 12.2 Å². The van der Waals surface area contributed by atoms with E-state index in [9.17, 15) is 14.7 Å². The van der Waals surface area contributed by atoms with Gasteiger partial charge in [0.15, 0.2) is 0 Å². The van der Waals surface area contributed by atoms with Crippen molar-refractivity contribution in [2.24, 2.45) is 0 Å². The van der Waals surface area contributed by atoms with Crippen molar-refractivity contribution in [3.63, 3.8) is 0 Å². The first-order chi connectivity index (χ1) is 9.69. The Bertz CT molecular complexity index is 702. The number of amides is 2. The number of aromatic nitrogens is 3. The van der Waals surface area contributed by atoms with Crippen molar-refractivity contribution < 1.29 is 19.4 Å². The van der Waals surface area contributed by atoms with Crippen LogP contribution < -0.4 is 4.90 Å². The van der Waals surface area contributed by atoms with Gasteiger partial charge in [-0.15, -0.1) is 4.90 Å². The highest BCUT2D eigenvalue weighted by Gasteiger charge is 2.31. The molecule has 0 spiro atoms. The molecule has 0 fully saturated rings. The molecule has 21 heavy (non-hydrogen) atoms. The summed E-state index contributed by atoms with van der Waals surface area (Å²) < 4.78 is 5.06. The third kappa shape index (κ3) is 3.10. The largest absolute Gasteiger partial charge is 0.464 e. The molecule has 2 heterocycles. The van der Waals surface area contributed by atoms with Crippen LogP contribution in [0.1, 0.15) is 26.5 Å². The van der Waals surface area contributed by atoms with E-state index in [1.54, 1.807) is 40.0 Å². The van der Waals surface area contributed by atoms with E-state index in [1.807, 2.05) is 0 Å². The number of hydrogen-bond acceptors (Lipinski definition) is 5. The molecule has 8 heteroatoms. The number of fused-ring (bicyclic) bond motifs is 1. The molecule has 0 atom stereocenters. The van der Waals surface area contributed by atoms with Gasteiger partial charge in [-0.3, -0.25) is 0 Å². The second kappa shape index (κ2) is 5.04. The Labute approximate surface area is 120 Å². The summed E-state index contributed by atoms with van der Waals surface area (Å²) in [7, 11) is 0. The van der Waals surface area contributed by atoms with E-state index in [2.05, 4.69) is 15.0 Å². The summed E-state index contributed by atoms with van der Waals surface area (Å²) in [6.07, 6.45) is -0.885. The van der Waals surface area contributed by atoms with E-state index in [0.717, 1.165) is 5.39 Å². The van der Waals surface area contributed by atoms with Gasteiger partial charge in [0.05, 0.1) is 5.69 Å². The van der Waals surface area contributed by atoms with Gasteiger partial charge in [0.1, 0.15) is 11.2 Å². The number of carbonyl (C=O) groups excluding carboxylic acids is 1. The molecule has 2 aromatic heterocycles. The van der Waals surface area contributed by atoms with Gasteiger partial charge in [0, 0.05) is 11.6 Å². The number of carboxylic acid groups (broad SMARTS) is 1. The normalized spacial score (nSPS) is 11.4. The Kier molecular flexibility index (Phi) is 3.54. The maximum Gasteiger partial charge on any atom is 0.427 e. The fourth-order valence-corrected chi connectivity index (χ4v) is 1.73. The molecule has 0 saturated heterocycles. The van der Waals surface area contributed by atoms with Crippen LogP contribution in [0, 0.1) is 6.92 Å². The predicted molar refractivity (Wildman–Crippen MR) is 75.4 cm³/mol. The quantitative estimate of drug-likeness (QED) is 0.836. The average Bonchev–Trinajstić information content (AvgIpc) is 2.74. The van der Waals surface area contributed by atoms with Crippen LogP contribution in [0.3, 0.4) is 0 Å². The summed E-state index contributed by atoms with van der Waals surface area (Å²) in [5.41, 5.74) is 0.189. The van der Waals surface area contributed by atoms with Crippen molar-refractivity contribution in [2.45, 2.75) is 33.3 Å². The first kappa shape index (κ1) is 14.8. The Morgan fingerprint density at radius 1 is 1.33 bits per heavy atom. The Morgan fingerprint density at radius 2 is 2.00 bits per heavy atom. The highest BCUT2D eigenvalue weighted by Crippen LogP contribution is 2.20. The molecule has 0 aliphatic carbocycles. The number of ether oxygens (including phenoxy) is 1. The second-order valence-corrected chi connectivity index (χ2v) is 5.45. The first-order valence-electron chi connectivity index (χ1n) is 6.27. The summed E-state index contributed by atoms with van der Waals surface area (Å²) in [5, 5.41) is 10.0. The van der Waals surface area contributed by atoms with E-state index < -0.39 is 17.8 Å². The Balaban J connectivity index is 2.45. The molecular formula is C13H16N4O4. The Morgan fingerprint density at radius 3 is 2.57 bits per heavy atom. The van der Waals surface area contributed by atoms with Crippen molar-refractivity contribution in [3.8, 4) is 0 Å². The number of H-pyrrole nitrogens is 1. The Hall–Kier alpha value is -2.64. The van der Waals surface area contributed by atoms with Gasteiger partial charge in [0.2, 0.25) is 5.95 Å². The lowest BCUT2D eigenvalue weighted by Crippen LogP contribution is -2.41. The van der Waals surface area contributed by atoms with Crippen molar-refractivity contribution in [1.82, 2.24) is 15.0 Å². The molecule has 2 aromatic rings. The highest BCUT2D eigenvalue weighted by molar-refractivity contribution is 6.07. The van der Waals surface area contributed by atoms with Crippen molar-refractivity contribution in [3.05, 3.63) is 18.0 Å². The molecule has 0 aromatic carbocycles. The molecule has 0 aliphatic rings. The van der Waals surface area contributed by atoms with Gasteiger partial charge < -0.3 is 14.8 Å². The smallest absolute Gasteiger partial charge is 0.427 e. The summed E-state index contributed by atoms with van der Waals surface area (Å²) in [4.78, 5) is 34.7. The van der Waals surface area contributed by atoms with Gasteiger partial charge in [-0.05, 0) is 33.8 Å². The van der Waals surface area contributed by atoms with Crippen LogP contribution in [0.4, 0.5) is 15.5 Å². The molecule has 2 rings (SSSR count). The molecule has 8 nitrogen and oxygen atoms in total. The van der Waals surface area contributed by atoms with Crippen LogP contribution in [0.15, 0.2) is 12.3 Å². The van der Waals surface area contributed by atoms with Crippen LogP contribution >= 0.6 is 0 Å². The standard InChI is InChI=1S/C13H16N4O4/c1-7-8-5-6-14-9(8)16-10(15-7)17(11(18)19)12(20)21-13(2,3)4/h5-6H,1-4H3,(H,18,19)(H,14,15,16). The maximum absolute atomic E-state index is 12.0. The van der Waals surface area contributed by atoms with Crippen LogP contribution in [0.2, 0.25) is 0 Å². The summed E-state index contributed by atoms with van der Waals surface area (Å²) >= 11 is 0. The average molecular weight is 292 g/mol. The number of carbonyl (C=O) groups is 2. The van der Waals surface area contributed by atoms with Crippen molar-refractivity contribution in [2.75, 3.05) is 4.90 Å². The third-order valence-corrected chi connectivity index (χ3v) is 2.56. The maximum atomic E-state index is 12.0. The summed E-state index contributed by atoms with van der Waals surface area (Å²) in [6.45, 7) is 6.64. The monoisotopic (exact) mass is 292 g/mol. The lowest BCUT2D eigenvalue weighted by Gasteiger charge is -2.23. The molecule has 0 bridgehead atoms. The van der Waals surface area contributed by atoms with Crippen LogP contribution in [0.5, 0.6) is 0 Å². The molecule has 0 aliphatic heterocycles. The summed E-state index contributed by atoms with van der Waals surface area (Å²) in [5.74, 6) is -0.246. The van der Waals surface area contributed by atoms with E-state index >= 15 is 0 Å². The van der Waals surface area contributed by atoms with E-state index in [0.29, 0.717) is 16.2 Å². The number of nitrogens with zero attached hydrogens (tertiary/aromatic N) is 3. The minimum Gasteiger partial charge on any atom is -0.464 e. The van der Waals surface area contributed by atoms with E-state index in [1.165, 1.54) is 0 Å². The molecule has 2 amide bonds. The first-order valence-corrected chi connectivity index (χ1v) is 6.27. The number of anilines is 1. The number of nitrogens with one attached hydrogen (secondary N) is 1. The number of imide groups is 1. The minimum absolute atomic E-state index is 0.246. The zero-order valence-corrected chi connectivity index (χ0v) is 12.2. The fourth-order valence-electron chi connectivity index (χ4n) is 1.73. The molecular weight excluding hydrogens is 276 g/mol. The highest BCUT2D eigenvalue weighted by atomic mass is 16.6. The van der Waals surface area contributed by atoms with Gasteiger partial charge in [-0.25, -0.2) is 14.6 Å². The van der Waals surface area contributed by atoms with Gasteiger partial charge in [-0.2, -0.15) is 4.98 Å². The van der Waals surface area contributed by atoms with Gasteiger partial charge in [-0.1, -0.05) is 0 Å². The summed E-state index contributed by atoms with van der Waals surface area (Å²) in [6, 6.07) is 1.77. The van der Waals surface area contributed by atoms with E-state index in [-0.39, 0.29) is 5.95 Å². The fraction of sp³-hybridized carbons (Fsp3) is 0.385. The lowest BCUT2D eigenvalue weighted by atomic mass is 10.2. The van der Waals surface area contributed by atoms with Crippen LogP contribution in [-0.4, -0.2) is 37.8 Å². The second-order valence-electron chi connectivity index (χ2n) is 5.45.